The van der Waals surface area contributed by atoms with Crippen LogP contribution in [-0.4, -0.2) is 7.11 Å². The molecule has 0 aliphatic heterocycles. The van der Waals surface area contributed by atoms with Gasteiger partial charge in [0.1, 0.15) is 0 Å². The van der Waals surface area contributed by atoms with Crippen LogP contribution in [0.1, 0.15) is 23.7 Å². The molecule has 0 heterocycles. The molecule has 0 amide bonds. The van der Waals surface area contributed by atoms with E-state index in [-0.39, 0.29) is 6.10 Å². The molecule has 0 aromatic heterocycles. The summed E-state index contributed by atoms with van der Waals surface area (Å²) in [4.78, 5) is 0. The average Bonchev–Trinajstić information content (AvgIpc) is 2.42. The first kappa shape index (κ1) is 11.9. The maximum Gasteiger partial charge on any atom is 0.0824 e. The van der Waals surface area contributed by atoms with Gasteiger partial charge in [-0.2, -0.15) is 0 Å². The Morgan fingerprint density at radius 1 is 0.882 bits per heavy atom. The van der Waals surface area contributed by atoms with Gasteiger partial charge in [-0.15, -0.1) is 0 Å². The van der Waals surface area contributed by atoms with Crippen molar-refractivity contribution in [3.63, 3.8) is 0 Å². The summed E-state index contributed by atoms with van der Waals surface area (Å²) < 4.78 is 5.56. The van der Waals surface area contributed by atoms with Crippen molar-refractivity contribution in [2.75, 3.05) is 7.11 Å². The van der Waals surface area contributed by atoms with Crippen LogP contribution in [-0.2, 0) is 11.2 Å². The average molecular weight is 226 g/mol. The summed E-state index contributed by atoms with van der Waals surface area (Å²) >= 11 is 0. The SMILES string of the molecule is CO[C@H](CCc1ccccc1)c1ccccc1. The van der Waals surface area contributed by atoms with Gasteiger partial charge in [-0.1, -0.05) is 60.7 Å². The molecule has 0 radical (unpaired) electrons. The third-order valence-electron chi connectivity index (χ3n) is 2.99. The molecule has 1 nitrogen and oxygen atoms in total. The predicted octanol–water partition coefficient (Wildman–Crippen LogP) is 4.01. The van der Waals surface area contributed by atoms with Crippen molar-refractivity contribution < 1.29 is 4.74 Å². The summed E-state index contributed by atoms with van der Waals surface area (Å²) in [7, 11) is 1.78. The second-order valence-corrected chi connectivity index (χ2v) is 4.16. The van der Waals surface area contributed by atoms with E-state index in [0.29, 0.717) is 0 Å². The number of ether oxygens (including phenoxy) is 1. The number of rotatable bonds is 5. The first-order valence-electron chi connectivity index (χ1n) is 6.02. The minimum absolute atomic E-state index is 0.191. The van der Waals surface area contributed by atoms with Crippen LogP contribution >= 0.6 is 0 Å². The van der Waals surface area contributed by atoms with Crippen molar-refractivity contribution >= 4 is 0 Å². The summed E-state index contributed by atoms with van der Waals surface area (Å²) in [6.07, 6.45) is 2.26. The second-order valence-electron chi connectivity index (χ2n) is 4.16. The molecule has 0 saturated heterocycles. The third kappa shape index (κ3) is 3.43. The Hall–Kier alpha value is -1.60. The second kappa shape index (κ2) is 6.21. The zero-order chi connectivity index (χ0) is 11.9. The van der Waals surface area contributed by atoms with Gasteiger partial charge >= 0.3 is 0 Å². The number of methoxy groups -OCH3 is 1. The number of aryl methyl sites for hydroxylation is 1. The van der Waals surface area contributed by atoms with Crippen LogP contribution in [0.4, 0.5) is 0 Å². The predicted molar refractivity (Wildman–Crippen MR) is 71.0 cm³/mol. The molecule has 0 fully saturated rings. The molecular formula is C16H18O. The van der Waals surface area contributed by atoms with Crippen molar-refractivity contribution in [2.24, 2.45) is 0 Å². The van der Waals surface area contributed by atoms with E-state index in [4.69, 9.17) is 4.74 Å². The van der Waals surface area contributed by atoms with Crippen LogP contribution in [0.25, 0.3) is 0 Å². The van der Waals surface area contributed by atoms with Crippen molar-refractivity contribution in [3.05, 3.63) is 71.8 Å². The highest BCUT2D eigenvalue weighted by Gasteiger charge is 2.09. The van der Waals surface area contributed by atoms with Gasteiger partial charge in [-0.3, -0.25) is 0 Å². The molecule has 1 heteroatoms. The van der Waals surface area contributed by atoms with E-state index < -0.39 is 0 Å². The van der Waals surface area contributed by atoms with E-state index in [9.17, 15) is 0 Å². The Morgan fingerprint density at radius 3 is 2.06 bits per heavy atom. The van der Waals surface area contributed by atoms with Gasteiger partial charge in [0.15, 0.2) is 0 Å². The maximum absolute atomic E-state index is 5.56. The highest BCUT2D eigenvalue weighted by Crippen LogP contribution is 2.22. The number of benzene rings is 2. The monoisotopic (exact) mass is 226 g/mol. The number of hydrogen-bond acceptors (Lipinski definition) is 1. The normalized spacial score (nSPS) is 12.3. The largest absolute Gasteiger partial charge is 0.377 e. The molecule has 0 aliphatic rings. The van der Waals surface area contributed by atoms with Crippen LogP contribution in [0.3, 0.4) is 0 Å². The lowest BCUT2D eigenvalue weighted by molar-refractivity contribution is 0.0959. The smallest absolute Gasteiger partial charge is 0.0824 e. The molecule has 0 spiro atoms. The van der Waals surface area contributed by atoms with E-state index in [1.807, 2.05) is 6.07 Å². The number of hydrogen-bond donors (Lipinski definition) is 0. The van der Waals surface area contributed by atoms with Crippen molar-refractivity contribution in [3.8, 4) is 0 Å². The topological polar surface area (TPSA) is 9.23 Å². The summed E-state index contributed by atoms with van der Waals surface area (Å²) in [6, 6.07) is 20.9. The first-order chi connectivity index (χ1) is 8.40. The molecule has 0 bridgehead atoms. The molecular weight excluding hydrogens is 208 g/mol. The van der Waals surface area contributed by atoms with Crippen LogP contribution in [0.5, 0.6) is 0 Å². The maximum atomic E-state index is 5.56. The highest BCUT2D eigenvalue weighted by molar-refractivity contribution is 5.19. The van der Waals surface area contributed by atoms with Gasteiger partial charge in [0, 0.05) is 7.11 Å². The zero-order valence-electron chi connectivity index (χ0n) is 10.2. The van der Waals surface area contributed by atoms with E-state index in [2.05, 4.69) is 54.6 Å². The Labute approximate surface area is 103 Å². The van der Waals surface area contributed by atoms with Gasteiger partial charge < -0.3 is 4.74 Å². The molecule has 2 rings (SSSR count). The van der Waals surface area contributed by atoms with Crippen LogP contribution in [0.2, 0.25) is 0 Å². The Morgan fingerprint density at radius 2 is 1.47 bits per heavy atom. The Bertz CT molecular complexity index is 422. The van der Waals surface area contributed by atoms with Crippen LogP contribution in [0, 0.1) is 0 Å². The molecule has 88 valence electrons. The standard InChI is InChI=1S/C16H18O/c1-17-16(15-10-6-3-7-11-15)13-12-14-8-4-2-5-9-14/h2-11,16H,12-13H2,1H3/t16-/m1/s1. The van der Waals surface area contributed by atoms with Crippen LogP contribution < -0.4 is 0 Å². The zero-order valence-corrected chi connectivity index (χ0v) is 10.2. The fourth-order valence-electron chi connectivity index (χ4n) is 2.03. The van der Waals surface area contributed by atoms with Gasteiger partial charge in [-0.05, 0) is 24.0 Å². The fourth-order valence-corrected chi connectivity index (χ4v) is 2.03. The van der Waals surface area contributed by atoms with Crippen molar-refractivity contribution in [1.82, 2.24) is 0 Å². The minimum atomic E-state index is 0.191. The summed E-state index contributed by atoms with van der Waals surface area (Å²) in [5.41, 5.74) is 2.62. The molecule has 2 aromatic carbocycles. The molecule has 0 unspecified atom stereocenters. The van der Waals surface area contributed by atoms with Gasteiger partial charge in [0.25, 0.3) is 0 Å². The lowest BCUT2D eigenvalue weighted by Crippen LogP contribution is -2.03. The molecule has 17 heavy (non-hydrogen) atoms. The minimum Gasteiger partial charge on any atom is -0.377 e. The lowest BCUT2D eigenvalue weighted by Gasteiger charge is -2.15. The lowest BCUT2D eigenvalue weighted by atomic mass is 10.0. The van der Waals surface area contributed by atoms with Gasteiger partial charge in [-0.25, -0.2) is 0 Å². The molecule has 0 N–H and O–H groups in total. The summed E-state index contributed by atoms with van der Waals surface area (Å²) in [6.45, 7) is 0. The molecule has 0 saturated carbocycles. The van der Waals surface area contributed by atoms with Crippen LogP contribution in [0.15, 0.2) is 60.7 Å². The van der Waals surface area contributed by atoms with Crippen molar-refractivity contribution in [2.45, 2.75) is 18.9 Å². The van der Waals surface area contributed by atoms with Gasteiger partial charge in [0.05, 0.1) is 6.10 Å². The van der Waals surface area contributed by atoms with E-state index in [1.165, 1.54) is 11.1 Å². The summed E-state index contributed by atoms with van der Waals surface area (Å²) in [5, 5.41) is 0. The quantitative estimate of drug-likeness (QED) is 0.748. The van der Waals surface area contributed by atoms with Crippen molar-refractivity contribution in [1.29, 1.82) is 0 Å². The molecule has 0 aliphatic carbocycles. The third-order valence-corrected chi connectivity index (χ3v) is 2.99. The fraction of sp³-hybridized carbons (Fsp3) is 0.250. The first-order valence-corrected chi connectivity index (χ1v) is 6.02. The Kier molecular flexibility index (Phi) is 4.34. The molecule has 1 atom stereocenters. The molecule has 2 aromatic rings. The highest BCUT2D eigenvalue weighted by atomic mass is 16.5. The van der Waals surface area contributed by atoms with E-state index in [1.54, 1.807) is 7.11 Å². The summed E-state index contributed by atoms with van der Waals surface area (Å²) in [5.74, 6) is 0. The van der Waals surface area contributed by atoms with Gasteiger partial charge in [0.2, 0.25) is 0 Å². The van der Waals surface area contributed by atoms with E-state index >= 15 is 0 Å². The van der Waals surface area contributed by atoms with E-state index in [0.717, 1.165) is 12.8 Å². The Balaban J connectivity index is 1.97.